The minimum absolute atomic E-state index is 0.0495. The summed E-state index contributed by atoms with van der Waals surface area (Å²) < 4.78 is 10.6. The summed E-state index contributed by atoms with van der Waals surface area (Å²) in [5, 5.41) is 2.82. The van der Waals surface area contributed by atoms with E-state index in [4.69, 9.17) is 9.47 Å². The van der Waals surface area contributed by atoms with Gasteiger partial charge in [-0.3, -0.25) is 4.79 Å². The zero-order valence-corrected chi connectivity index (χ0v) is 16.4. The topological polar surface area (TPSA) is 64.6 Å². The summed E-state index contributed by atoms with van der Waals surface area (Å²) in [6, 6.07) is 7.71. The fourth-order valence-corrected chi connectivity index (χ4v) is 2.25. The van der Waals surface area contributed by atoms with Crippen LogP contribution in [0.1, 0.15) is 59.6 Å². The standard InChI is InChI=1S/C20H31NO4/c1-14(21-18(23)25-20(5,6)7)12-15-8-10-16(11-9-15)13-17(22)24-19(2,3)4/h8-11,14H,12-13H2,1-7H3,(H,21,23)/t14-/m1/s1. The number of carbonyl (C=O) groups excluding carboxylic acids is 2. The molecule has 1 rings (SSSR count). The number of hydrogen-bond acceptors (Lipinski definition) is 4. The van der Waals surface area contributed by atoms with Crippen LogP contribution < -0.4 is 5.32 Å². The van der Waals surface area contributed by atoms with Crippen LogP contribution in [0.4, 0.5) is 4.79 Å². The van der Waals surface area contributed by atoms with Crippen LogP contribution in [0.3, 0.4) is 0 Å². The lowest BCUT2D eigenvalue weighted by Gasteiger charge is -2.22. The number of benzene rings is 1. The third kappa shape index (κ3) is 9.75. The molecule has 0 aliphatic rings. The van der Waals surface area contributed by atoms with Gasteiger partial charge in [0.05, 0.1) is 6.42 Å². The zero-order valence-electron chi connectivity index (χ0n) is 16.4. The highest BCUT2D eigenvalue weighted by Crippen LogP contribution is 2.12. The second kappa shape index (κ2) is 8.37. The van der Waals surface area contributed by atoms with E-state index >= 15 is 0 Å². The van der Waals surface area contributed by atoms with Crippen LogP contribution in [0.15, 0.2) is 24.3 Å². The number of carbonyl (C=O) groups is 2. The number of ether oxygens (including phenoxy) is 2. The van der Waals surface area contributed by atoms with Crippen LogP contribution in [0.25, 0.3) is 0 Å². The van der Waals surface area contributed by atoms with Crippen LogP contribution in [0.5, 0.6) is 0 Å². The van der Waals surface area contributed by atoms with E-state index in [1.165, 1.54) is 0 Å². The first kappa shape index (κ1) is 21.0. The van der Waals surface area contributed by atoms with E-state index < -0.39 is 17.3 Å². The number of nitrogens with one attached hydrogen (secondary N) is 1. The van der Waals surface area contributed by atoms with Gasteiger partial charge in [0.25, 0.3) is 0 Å². The Bertz CT molecular complexity index is 579. The minimum atomic E-state index is -0.507. The Kier molecular flexibility index (Phi) is 7.03. The van der Waals surface area contributed by atoms with Gasteiger partial charge in [-0.2, -0.15) is 0 Å². The number of hydrogen-bond donors (Lipinski definition) is 1. The maximum absolute atomic E-state index is 11.8. The van der Waals surface area contributed by atoms with E-state index in [2.05, 4.69) is 5.32 Å². The highest BCUT2D eigenvalue weighted by Gasteiger charge is 2.18. The van der Waals surface area contributed by atoms with Crippen molar-refractivity contribution in [2.75, 3.05) is 0 Å². The molecule has 1 aromatic carbocycles. The molecule has 0 aliphatic heterocycles. The summed E-state index contributed by atoms with van der Waals surface area (Å²) in [7, 11) is 0. The van der Waals surface area contributed by atoms with Gasteiger partial charge >= 0.3 is 12.1 Å². The van der Waals surface area contributed by atoms with Gasteiger partial charge in [0.2, 0.25) is 0 Å². The van der Waals surface area contributed by atoms with Crippen molar-refractivity contribution in [3.8, 4) is 0 Å². The first-order valence-corrected chi connectivity index (χ1v) is 8.63. The van der Waals surface area contributed by atoms with Gasteiger partial charge in [0, 0.05) is 6.04 Å². The third-order valence-electron chi connectivity index (χ3n) is 3.10. The second-order valence-electron chi connectivity index (χ2n) is 8.33. The van der Waals surface area contributed by atoms with Crippen LogP contribution in [-0.2, 0) is 27.1 Å². The summed E-state index contributed by atoms with van der Waals surface area (Å²) >= 11 is 0. The summed E-state index contributed by atoms with van der Waals surface area (Å²) in [4.78, 5) is 23.6. The van der Waals surface area contributed by atoms with Gasteiger partial charge in [0.15, 0.2) is 0 Å². The Balaban J connectivity index is 2.51. The normalized spacial score (nSPS) is 13.1. The van der Waals surface area contributed by atoms with Gasteiger partial charge in [-0.15, -0.1) is 0 Å². The third-order valence-corrected chi connectivity index (χ3v) is 3.10. The van der Waals surface area contributed by atoms with Gasteiger partial charge < -0.3 is 14.8 Å². The monoisotopic (exact) mass is 349 g/mol. The largest absolute Gasteiger partial charge is 0.460 e. The smallest absolute Gasteiger partial charge is 0.407 e. The van der Waals surface area contributed by atoms with Crippen LogP contribution in [-0.4, -0.2) is 29.3 Å². The summed E-state index contributed by atoms with van der Waals surface area (Å²) in [6.45, 7) is 13.0. The minimum Gasteiger partial charge on any atom is -0.460 e. The van der Waals surface area contributed by atoms with Gasteiger partial charge in [-0.05, 0) is 66.0 Å². The van der Waals surface area contributed by atoms with Crippen molar-refractivity contribution in [1.82, 2.24) is 5.32 Å². The molecule has 0 unspecified atom stereocenters. The SMILES string of the molecule is C[C@H](Cc1ccc(CC(=O)OC(C)(C)C)cc1)NC(=O)OC(C)(C)C. The lowest BCUT2D eigenvalue weighted by molar-refractivity contribution is -0.153. The Morgan fingerprint density at radius 2 is 1.40 bits per heavy atom. The first-order chi connectivity index (χ1) is 11.3. The maximum Gasteiger partial charge on any atom is 0.407 e. The molecular formula is C20H31NO4. The van der Waals surface area contributed by atoms with E-state index in [0.717, 1.165) is 11.1 Å². The predicted molar refractivity (Wildman–Crippen MR) is 98.5 cm³/mol. The second-order valence-corrected chi connectivity index (χ2v) is 8.33. The molecule has 1 N–H and O–H groups in total. The molecule has 25 heavy (non-hydrogen) atoms. The molecule has 0 fully saturated rings. The average molecular weight is 349 g/mol. The molecule has 0 radical (unpaired) electrons. The summed E-state index contributed by atoms with van der Waals surface area (Å²) in [6.07, 6.45) is 0.524. The average Bonchev–Trinajstić information content (AvgIpc) is 2.36. The van der Waals surface area contributed by atoms with Crippen molar-refractivity contribution in [2.45, 2.75) is 78.6 Å². The lowest BCUT2D eigenvalue weighted by atomic mass is 10.0. The zero-order chi connectivity index (χ0) is 19.3. The fraction of sp³-hybridized carbons (Fsp3) is 0.600. The van der Waals surface area contributed by atoms with Crippen molar-refractivity contribution < 1.29 is 19.1 Å². The maximum atomic E-state index is 11.8. The lowest BCUT2D eigenvalue weighted by Crippen LogP contribution is -2.38. The molecule has 0 saturated carbocycles. The molecule has 5 nitrogen and oxygen atoms in total. The molecule has 0 spiro atoms. The van der Waals surface area contributed by atoms with E-state index in [-0.39, 0.29) is 18.4 Å². The Hall–Kier alpha value is -2.04. The van der Waals surface area contributed by atoms with E-state index in [9.17, 15) is 9.59 Å². The first-order valence-electron chi connectivity index (χ1n) is 8.63. The molecular weight excluding hydrogens is 318 g/mol. The summed E-state index contributed by atoms with van der Waals surface area (Å²) in [5.41, 5.74) is 1.01. The van der Waals surface area contributed by atoms with Crippen molar-refractivity contribution in [3.63, 3.8) is 0 Å². The van der Waals surface area contributed by atoms with Gasteiger partial charge in [0.1, 0.15) is 11.2 Å². The van der Waals surface area contributed by atoms with Crippen molar-refractivity contribution in [2.24, 2.45) is 0 Å². The molecule has 1 atom stereocenters. The highest BCUT2D eigenvalue weighted by atomic mass is 16.6. The van der Waals surface area contributed by atoms with E-state index in [1.54, 1.807) is 0 Å². The molecule has 0 aromatic heterocycles. The van der Waals surface area contributed by atoms with Crippen molar-refractivity contribution in [3.05, 3.63) is 35.4 Å². The molecule has 0 aliphatic carbocycles. The van der Waals surface area contributed by atoms with Crippen LogP contribution in [0.2, 0.25) is 0 Å². The molecule has 0 heterocycles. The van der Waals surface area contributed by atoms with Gasteiger partial charge in [-0.25, -0.2) is 4.79 Å². The molecule has 0 saturated heterocycles. The number of esters is 1. The number of rotatable bonds is 5. The van der Waals surface area contributed by atoms with E-state index in [1.807, 2.05) is 72.7 Å². The highest BCUT2D eigenvalue weighted by molar-refractivity contribution is 5.73. The van der Waals surface area contributed by atoms with Crippen molar-refractivity contribution in [1.29, 1.82) is 0 Å². The Morgan fingerprint density at radius 1 is 0.920 bits per heavy atom. The Labute approximate surface area is 151 Å². The quantitative estimate of drug-likeness (QED) is 0.815. The van der Waals surface area contributed by atoms with Crippen LogP contribution >= 0.6 is 0 Å². The predicted octanol–water partition coefficient (Wildman–Crippen LogP) is 4.03. The van der Waals surface area contributed by atoms with Gasteiger partial charge in [-0.1, -0.05) is 24.3 Å². The molecule has 1 aromatic rings. The fourth-order valence-electron chi connectivity index (χ4n) is 2.25. The van der Waals surface area contributed by atoms with E-state index in [0.29, 0.717) is 6.42 Å². The summed E-state index contributed by atoms with van der Waals surface area (Å²) in [5.74, 6) is -0.236. The molecule has 140 valence electrons. The number of amides is 1. The Morgan fingerprint density at radius 3 is 1.88 bits per heavy atom. The van der Waals surface area contributed by atoms with Crippen molar-refractivity contribution >= 4 is 12.1 Å². The molecule has 0 bridgehead atoms. The van der Waals surface area contributed by atoms with Crippen LogP contribution in [0, 0.1) is 0 Å². The molecule has 5 heteroatoms. The number of alkyl carbamates (subject to hydrolysis) is 1. The molecule has 1 amide bonds.